The van der Waals surface area contributed by atoms with Crippen LogP contribution in [0.1, 0.15) is 10.4 Å². The fraction of sp³-hybridized carbons (Fsp3) is 0.115. The maximum atomic E-state index is 12.7. The lowest BCUT2D eigenvalue weighted by molar-refractivity contribution is 0.102. The summed E-state index contributed by atoms with van der Waals surface area (Å²) in [6.07, 6.45) is 1.43. The number of methoxy groups -OCH3 is 3. The molecule has 0 aliphatic carbocycles. The van der Waals surface area contributed by atoms with E-state index < -0.39 is 0 Å². The van der Waals surface area contributed by atoms with E-state index in [-0.39, 0.29) is 5.91 Å². The summed E-state index contributed by atoms with van der Waals surface area (Å²) in [5.41, 5.74) is 2.50. The van der Waals surface area contributed by atoms with Crippen molar-refractivity contribution in [2.24, 2.45) is 0 Å². The average Bonchev–Trinajstić information content (AvgIpc) is 2.89. The van der Waals surface area contributed by atoms with Gasteiger partial charge in [0.1, 0.15) is 17.8 Å². The minimum Gasteiger partial charge on any atom is -0.497 e. The monoisotopic (exact) mass is 457 g/mol. The van der Waals surface area contributed by atoms with E-state index in [0.717, 1.165) is 5.56 Å². The molecule has 1 aromatic heterocycles. The molecule has 0 unspecified atom stereocenters. The Labute approximate surface area is 197 Å². The Morgan fingerprint density at radius 3 is 2.21 bits per heavy atom. The Balaban J connectivity index is 1.49. The number of nitrogens with one attached hydrogen (secondary N) is 1. The van der Waals surface area contributed by atoms with Crippen molar-refractivity contribution in [3.63, 3.8) is 0 Å². The number of amides is 1. The lowest BCUT2D eigenvalue weighted by Gasteiger charge is -2.12. The molecule has 0 radical (unpaired) electrons. The van der Waals surface area contributed by atoms with E-state index in [2.05, 4.69) is 15.3 Å². The number of aromatic nitrogens is 2. The van der Waals surface area contributed by atoms with Gasteiger partial charge < -0.3 is 24.3 Å². The number of benzene rings is 3. The van der Waals surface area contributed by atoms with Gasteiger partial charge in [-0.25, -0.2) is 9.97 Å². The number of hydrogen-bond acceptors (Lipinski definition) is 7. The molecule has 0 saturated heterocycles. The second-order valence-electron chi connectivity index (χ2n) is 7.09. The highest BCUT2D eigenvalue weighted by Crippen LogP contribution is 2.32. The molecule has 0 saturated carbocycles. The third kappa shape index (κ3) is 5.07. The van der Waals surface area contributed by atoms with Crippen molar-refractivity contribution in [3.05, 3.63) is 84.7 Å². The first-order valence-electron chi connectivity index (χ1n) is 10.4. The van der Waals surface area contributed by atoms with Crippen molar-refractivity contribution in [1.29, 1.82) is 0 Å². The van der Waals surface area contributed by atoms with Crippen LogP contribution >= 0.6 is 0 Å². The molecule has 3 aromatic carbocycles. The molecule has 34 heavy (non-hydrogen) atoms. The predicted molar refractivity (Wildman–Crippen MR) is 128 cm³/mol. The van der Waals surface area contributed by atoms with Crippen LogP contribution in [0.5, 0.6) is 28.9 Å². The highest BCUT2D eigenvalue weighted by Gasteiger charge is 2.12. The first-order chi connectivity index (χ1) is 16.6. The Morgan fingerprint density at radius 2 is 1.50 bits per heavy atom. The van der Waals surface area contributed by atoms with E-state index >= 15 is 0 Å². The molecule has 0 atom stereocenters. The van der Waals surface area contributed by atoms with Gasteiger partial charge in [0.2, 0.25) is 5.88 Å². The Kier molecular flexibility index (Phi) is 6.88. The maximum absolute atomic E-state index is 12.7. The zero-order valence-electron chi connectivity index (χ0n) is 18.9. The topological polar surface area (TPSA) is 91.8 Å². The van der Waals surface area contributed by atoms with Crippen LogP contribution < -0.4 is 24.3 Å². The Hall–Kier alpha value is -4.59. The van der Waals surface area contributed by atoms with Gasteiger partial charge in [0.25, 0.3) is 5.91 Å². The molecular weight excluding hydrogens is 434 g/mol. The maximum Gasteiger partial charge on any atom is 0.255 e. The highest BCUT2D eigenvalue weighted by atomic mass is 16.5. The zero-order valence-corrected chi connectivity index (χ0v) is 18.9. The summed E-state index contributed by atoms with van der Waals surface area (Å²) in [5.74, 6) is 2.41. The quantitative estimate of drug-likeness (QED) is 0.388. The van der Waals surface area contributed by atoms with E-state index in [4.69, 9.17) is 18.9 Å². The first kappa shape index (κ1) is 22.6. The van der Waals surface area contributed by atoms with E-state index in [9.17, 15) is 4.79 Å². The molecule has 4 aromatic rings. The third-order valence-electron chi connectivity index (χ3n) is 5.03. The number of ether oxygens (including phenoxy) is 4. The number of anilines is 1. The summed E-state index contributed by atoms with van der Waals surface area (Å²) in [5, 5.41) is 2.86. The number of para-hydroxylation sites is 2. The zero-order chi connectivity index (χ0) is 23.9. The summed E-state index contributed by atoms with van der Waals surface area (Å²) in [6, 6.07) is 21.3. The summed E-state index contributed by atoms with van der Waals surface area (Å²) in [4.78, 5) is 21.3. The number of rotatable bonds is 8. The van der Waals surface area contributed by atoms with E-state index in [0.29, 0.717) is 45.8 Å². The van der Waals surface area contributed by atoms with Crippen molar-refractivity contribution >= 4 is 11.6 Å². The predicted octanol–water partition coefficient (Wildman–Crippen LogP) is 5.21. The van der Waals surface area contributed by atoms with Crippen LogP contribution in [-0.2, 0) is 0 Å². The van der Waals surface area contributed by atoms with Crippen LogP contribution in [0.3, 0.4) is 0 Å². The minimum absolute atomic E-state index is 0.266. The second-order valence-corrected chi connectivity index (χ2v) is 7.09. The number of nitrogens with zero attached hydrogens (tertiary/aromatic N) is 2. The van der Waals surface area contributed by atoms with Crippen LogP contribution in [0, 0.1) is 0 Å². The number of hydrogen-bond donors (Lipinski definition) is 1. The van der Waals surface area contributed by atoms with Crippen LogP contribution in [-0.4, -0.2) is 37.2 Å². The fourth-order valence-electron chi connectivity index (χ4n) is 3.26. The molecule has 8 heteroatoms. The Morgan fingerprint density at radius 1 is 0.765 bits per heavy atom. The van der Waals surface area contributed by atoms with Gasteiger partial charge in [-0.15, -0.1) is 0 Å². The van der Waals surface area contributed by atoms with Gasteiger partial charge in [-0.05, 0) is 36.4 Å². The lowest BCUT2D eigenvalue weighted by atomic mass is 10.1. The molecule has 172 valence electrons. The standard InChI is InChI=1S/C26H23N3O5/c1-31-19-12-13-20(24(14-19)33-3)29-26(30)18-10-8-17(9-11-18)21-15-25(28-16-27-21)34-23-7-5-4-6-22(23)32-2/h4-16H,1-3H3,(H,29,30). The normalized spacial score (nSPS) is 10.3. The van der Waals surface area contributed by atoms with Crippen molar-refractivity contribution in [2.75, 3.05) is 26.6 Å². The van der Waals surface area contributed by atoms with Crippen LogP contribution in [0.4, 0.5) is 5.69 Å². The van der Waals surface area contributed by atoms with Crippen LogP contribution in [0.25, 0.3) is 11.3 Å². The first-order valence-corrected chi connectivity index (χ1v) is 10.4. The molecule has 0 spiro atoms. The van der Waals surface area contributed by atoms with Crippen molar-refractivity contribution in [3.8, 4) is 40.1 Å². The number of carbonyl (C=O) groups is 1. The highest BCUT2D eigenvalue weighted by molar-refractivity contribution is 6.05. The van der Waals surface area contributed by atoms with Gasteiger partial charge in [0.15, 0.2) is 11.5 Å². The van der Waals surface area contributed by atoms with Gasteiger partial charge in [-0.2, -0.15) is 0 Å². The van der Waals surface area contributed by atoms with Gasteiger partial charge in [-0.3, -0.25) is 4.79 Å². The molecule has 1 amide bonds. The van der Waals surface area contributed by atoms with Crippen molar-refractivity contribution in [1.82, 2.24) is 9.97 Å². The molecule has 0 aliphatic rings. The Bertz CT molecular complexity index is 1290. The van der Waals surface area contributed by atoms with Gasteiger partial charge >= 0.3 is 0 Å². The minimum atomic E-state index is -0.266. The van der Waals surface area contributed by atoms with Crippen molar-refractivity contribution < 1.29 is 23.7 Å². The SMILES string of the molecule is COc1ccc(NC(=O)c2ccc(-c3cc(Oc4ccccc4OC)ncn3)cc2)c(OC)c1. The van der Waals surface area contributed by atoms with Gasteiger partial charge in [0.05, 0.1) is 32.7 Å². The van der Waals surface area contributed by atoms with E-state index in [1.165, 1.54) is 13.4 Å². The summed E-state index contributed by atoms with van der Waals surface area (Å²) < 4.78 is 21.7. The summed E-state index contributed by atoms with van der Waals surface area (Å²) in [7, 11) is 4.68. The van der Waals surface area contributed by atoms with Gasteiger partial charge in [0, 0.05) is 23.3 Å². The molecule has 0 aliphatic heterocycles. The van der Waals surface area contributed by atoms with Gasteiger partial charge in [-0.1, -0.05) is 24.3 Å². The fourth-order valence-corrected chi connectivity index (χ4v) is 3.26. The molecule has 0 bridgehead atoms. The average molecular weight is 457 g/mol. The van der Waals surface area contributed by atoms with Crippen LogP contribution in [0.15, 0.2) is 79.1 Å². The van der Waals surface area contributed by atoms with Crippen molar-refractivity contribution in [2.45, 2.75) is 0 Å². The molecule has 0 fully saturated rings. The van der Waals surface area contributed by atoms with Crippen LogP contribution in [0.2, 0.25) is 0 Å². The van der Waals surface area contributed by atoms with E-state index in [1.54, 1.807) is 56.7 Å². The second kappa shape index (κ2) is 10.4. The van der Waals surface area contributed by atoms with E-state index in [1.807, 2.05) is 30.3 Å². The lowest BCUT2D eigenvalue weighted by Crippen LogP contribution is -2.12. The molecule has 1 N–H and O–H groups in total. The molecular formula is C26H23N3O5. The molecule has 4 rings (SSSR count). The smallest absolute Gasteiger partial charge is 0.255 e. The largest absolute Gasteiger partial charge is 0.497 e. The molecule has 1 heterocycles. The molecule has 8 nitrogen and oxygen atoms in total. The number of carbonyl (C=O) groups excluding carboxylic acids is 1. The third-order valence-corrected chi connectivity index (χ3v) is 5.03. The summed E-state index contributed by atoms with van der Waals surface area (Å²) >= 11 is 0. The summed E-state index contributed by atoms with van der Waals surface area (Å²) in [6.45, 7) is 0.